The van der Waals surface area contributed by atoms with Gasteiger partial charge in [-0.3, -0.25) is 0 Å². The minimum Gasteiger partial charge on any atom is -0.474 e. The van der Waals surface area contributed by atoms with Gasteiger partial charge in [-0.15, -0.1) is 0 Å². The van der Waals surface area contributed by atoms with Crippen molar-refractivity contribution in [2.24, 2.45) is 5.92 Å². The number of nitrogens with one attached hydrogen (secondary N) is 1. The summed E-state index contributed by atoms with van der Waals surface area (Å²) < 4.78 is 5.90. The molecule has 1 fully saturated rings. The van der Waals surface area contributed by atoms with E-state index in [4.69, 9.17) is 4.74 Å². The molecule has 1 saturated carbocycles. The van der Waals surface area contributed by atoms with Crippen LogP contribution in [0, 0.1) is 5.92 Å². The van der Waals surface area contributed by atoms with E-state index in [1.165, 1.54) is 12.8 Å². The molecular weight excluding hydrogens is 214 g/mol. The highest BCUT2D eigenvalue weighted by molar-refractivity contribution is 5.27. The summed E-state index contributed by atoms with van der Waals surface area (Å²) in [6.07, 6.45) is 6.87. The predicted molar refractivity (Wildman–Crippen MR) is 68.2 cm³/mol. The van der Waals surface area contributed by atoms with Crippen molar-refractivity contribution in [3.8, 4) is 5.88 Å². The van der Waals surface area contributed by atoms with Crippen molar-refractivity contribution in [1.29, 1.82) is 0 Å². The first kappa shape index (κ1) is 12.1. The fourth-order valence-corrected chi connectivity index (χ4v) is 2.17. The van der Waals surface area contributed by atoms with Crippen LogP contribution in [0.4, 0.5) is 5.95 Å². The molecule has 4 heteroatoms. The van der Waals surface area contributed by atoms with Gasteiger partial charge in [0.1, 0.15) is 6.10 Å². The van der Waals surface area contributed by atoms with Gasteiger partial charge in [-0.05, 0) is 38.5 Å². The van der Waals surface area contributed by atoms with E-state index in [2.05, 4.69) is 22.2 Å². The number of ether oxygens (including phenoxy) is 1. The Hall–Kier alpha value is -1.32. The molecule has 1 heterocycles. The lowest BCUT2D eigenvalue weighted by atomic mass is 9.89. The smallest absolute Gasteiger partial charge is 0.225 e. The molecule has 1 aromatic heterocycles. The average Bonchev–Trinajstić information content (AvgIpc) is 2.33. The van der Waals surface area contributed by atoms with Gasteiger partial charge in [-0.1, -0.05) is 6.92 Å². The van der Waals surface area contributed by atoms with Gasteiger partial charge in [0, 0.05) is 18.8 Å². The lowest BCUT2D eigenvalue weighted by Gasteiger charge is -2.26. The Morgan fingerprint density at radius 3 is 2.82 bits per heavy atom. The summed E-state index contributed by atoms with van der Waals surface area (Å²) in [4.78, 5) is 8.46. The lowest BCUT2D eigenvalue weighted by Crippen LogP contribution is -2.23. The fourth-order valence-electron chi connectivity index (χ4n) is 2.17. The minimum atomic E-state index is 0.329. The topological polar surface area (TPSA) is 47.0 Å². The van der Waals surface area contributed by atoms with Gasteiger partial charge in [-0.2, -0.15) is 4.98 Å². The third kappa shape index (κ3) is 3.58. The number of hydrogen-bond donors (Lipinski definition) is 1. The van der Waals surface area contributed by atoms with Crippen molar-refractivity contribution in [1.82, 2.24) is 9.97 Å². The third-order valence-electron chi connectivity index (χ3n) is 3.22. The molecule has 4 nitrogen and oxygen atoms in total. The zero-order chi connectivity index (χ0) is 12.1. The van der Waals surface area contributed by atoms with Gasteiger partial charge in [0.2, 0.25) is 11.8 Å². The maximum Gasteiger partial charge on any atom is 0.225 e. The molecule has 0 unspecified atom stereocenters. The second-order valence-corrected chi connectivity index (χ2v) is 4.75. The normalized spacial score (nSPS) is 24.4. The molecule has 0 spiro atoms. The maximum atomic E-state index is 5.90. The van der Waals surface area contributed by atoms with E-state index >= 15 is 0 Å². The molecule has 0 amide bonds. The number of hydrogen-bond acceptors (Lipinski definition) is 4. The monoisotopic (exact) mass is 235 g/mol. The Morgan fingerprint density at radius 1 is 1.35 bits per heavy atom. The van der Waals surface area contributed by atoms with Crippen LogP contribution in [-0.2, 0) is 0 Å². The predicted octanol–water partition coefficient (Wildman–Crippen LogP) is 2.87. The van der Waals surface area contributed by atoms with Crippen LogP contribution in [0.25, 0.3) is 0 Å². The summed E-state index contributed by atoms with van der Waals surface area (Å²) >= 11 is 0. The van der Waals surface area contributed by atoms with Crippen LogP contribution < -0.4 is 10.1 Å². The van der Waals surface area contributed by atoms with Crippen molar-refractivity contribution < 1.29 is 4.74 Å². The lowest BCUT2D eigenvalue weighted by molar-refractivity contribution is 0.130. The van der Waals surface area contributed by atoms with E-state index in [1.54, 1.807) is 6.20 Å². The van der Waals surface area contributed by atoms with Gasteiger partial charge in [0.05, 0.1) is 0 Å². The highest BCUT2D eigenvalue weighted by Crippen LogP contribution is 2.26. The molecule has 1 N–H and O–H groups in total. The minimum absolute atomic E-state index is 0.329. The Balaban J connectivity index is 1.91. The fraction of sp³-hybridized carbons (Fsp3) is 0.692. The SMILES string of the molecule is CCNc1nccc(OC2CCC(C)CC2)n1. The van der Waals surface area contributed by atoms with E-state index in [0.29, 0.717) is 17.9 Å². The molecule has 1 aromatic rings. The van der Waals surface area contributed by atoms with Gasteiger partial charge in [0.15, 0.2) is 0 Å². The zero-order valence-electron chi connectivity index (χ0n) is 10.6. The summed E-state index contributed by atoms with van der Waals surface area (Å²) in [6.45, 7) is 5.16. The van der Waals surface area contributed by atoms with E-state index in [0.717, 1.165) is 25.3 Å². The molecule has 0 aromatic carbocycles. The summed E-state index contributed by atoms with van der Waals surface area (Å²) in [5.74, 6) is 2.18. The van der Waals surface area contributed by atoms with Crippen LogP contribution in [0.2, 0.25) is 0 Å². The van der Waals surface area contributed by atoms with Crippen molar-refractivity contribution in [3.63, 3.8) is 0 Å². The molecule has 17 heavy (non-hydrogen) atoms. The summed E-state index contributed by atoms with van der Waals surface area (Å²) in [7, 11) is 0. The highest BCUT2D eigenvalue weighted by Gasteiger charge is 2.19. The van der Waals surface area contributed by atoms with E-state index in [9.17, 15) is 0 Å². The summed E-state index contributed by atoms with van der Waals surface area (Å²) in [5, 5.41) is 3.09. The maximum absolute atomic E-state index is 5.90. The van der Waals surface area contributed by atoms with Gasteiger partial charge in [-0.25, -0.2) is 4.98 Å². The summed E-state index contributed by atoms with van der Waals surface area (Å²) in [6, 6.07) is 1.83. The molecule has 0 aliphatic heterocycles. The largest absolute Gasteiger partial charge is 0.474 e. The Kier molecular flexibility index (Phi) is 4.18. The number of rotatable bonds is 4. The van der Waals surface area contributed by atoms with Crippen LogP contribution in [0.3, 0.4) is 0 Å². The molecule has 1 aliphatic carbocycles. The molecule has 2 rings (SSSR count). The second-order valence-electron chi connectivity index (χ2n) is 4.75. The van der Waals surface area contributed by atoms with Crippen molar-refractivity contribution in [2.45, 2.75) is 45.6 Å². The first-order valence-corrected chi connectivity index (χ1v) is 6.51. The van der Waals surface area contributed by atoms with E-state index in [1.807, 2.05) is 13.0 Å². The molecule has 0 atom stereocenters. The van der Waals surface area contributed by atoms with Crippen LogP contribution >= 0.6 is 0 Å². The van der Waals surface area contributed by atoms with Crippen LogP contribution in [0.5, 0.6) is 5.88 Å². The van der Waals surface area contributed by atoms with Gasteiger partial charge >= 0.3 is 0 Å². The highest BCUT2D eigenvalue weighted by atomic mass is 16.5. The van der Waals surface area contributed by atoms with Crippen LogP contribution in [0.15, 0.2) is 12.3 Å². The first-order chi connectivity index (χ1) is 8.28. The average molecular weight is 235 g/mol. The molecule has 1 aliphatic rings. The Morgan fingerprint density at radius 2 is 2.12 bits per heavy atom. The van der Waals surface area contributed by atoms with Crippen LogP contribution in [-0.4, -0.2) is 22.6 Å². The first-order valence-electron chi connectivity index (χ1n) is 6.51. The van der Waals surface area contributed by atoms with Gasteiger partial charge < -0.3 is 10.1 Å². The van der Waals surface area contributed by atoms with Crippen molar-refractivity contribution in [2.75, 3.05) is 11.9 Å². The molecular formula is C13H21N3O. The van der Waals surface area contributed by atoms with Gasteiger partial charge in [0.25, 0.3) is 0 Å². The zero-order valence-corrected chi connectivity index (χ0v) is 10.6. The number of aromatic nitrogens is 2. The number of nitrogens with zero attached hydrogens (tertiary/aromatic N) is 2. The quantitative estimate of drug-likeness (QED) is 0.871. The second kappa shape index (κ2) is 5.84. The third-order valence-corrected chi connectivity index (χ3v) is 3.22. The van der Waals surface area contributed by atoms with Crippen molar-refractivity contribution >= 4 is 5.95 Å². The van der Waals surface area contributed by atoms with E-state index in [-0.39, 0.29) is 0 Å². The van der Waals surface area contributed by atoms with Crippen LogP contribution in [0.1, 0.15) is 39.5 Å². The standard InChI is InChI=1S/C13H21N3O/c1-3-14-13-15-9-8-12(16-13)17-11-6-4-10(2)5-7-11/h8-11H,3-7H2,1-2H3,(H,14,15,16). The number of anilines is 1. The molecule has 94 valence electrons. The molecule has 0 radical (unpaired) electrons. The Labute approximate surface area is 103 Å². The summed E-state index contributed by atoms with van der Waals surface area (Å²) in [5.41, 5.74) is 0. The molecule has 0 bridgehead atoms. The van der Waals surface area contributed by atoms with E-state index < -0.39 is 0 Å². The molecule has 0 saturated heterocycles. The Bertz CT molecular complexity index is 348. The van der Waals surface area contributed by atoms with Crippen molar-refractivity contribution in [3.05, 3.63) is 12.3 Å².